The van der Waals surface area contributed by atoms with Crippen LogP contribution in [0.1, 0.15) is 18.1 Å². The van der Waals surface area contributed by atoms with Gasteiger partial charge in [0.25, 0.3) is 5.78 Å². The molecule has 0 saturated heterocycles. The third-order valence-corrected chi connectivity index (χ3v) is 3.76. The topological polar surface area (TPSA) is 46.6 Å². The van der Waals surface area contributed by atoms with E-state index in [0.29, 0.717) is 0 Å². The highest BCUT2D eigenvalue weighted by atomic mass is 19.4. The number of carbonyl (C=O) groups is 2. The van der Waals surface area contributed by atoms with Gasteiger partial charge in [0.1, 0.15) is 6.54 Å². The van der Waals surface area contributed by atoms with Crippen LogP contribution in [0.4, 0.5) is 13.2 Å². The minimum atomic E-state index is -5.04. The summed E-state index contributed by atoms with van der Waals surface area (Å²) in [6, 6.07) is 16.5. The Morgan fingerprint density at radius 3 is 2.11 bits per heavy atom. The number of alkyl halides is 3. The summed E-state index contributed by atoms with van der Waals surface area (Å²) >= 11 is 0. The first-order valence-electron chi connectivity index (χ1n) is 8.63. The van der Waals surface area contributed by atoms with Crippen molar-refractivity contribution in [3.63, 3.8) is 0 Å². The maximum atomic E-state index is 13.1. The van der Waals surface area contributed by atoms with Crippen LogP contribution >= 0.6 is 0 Å². The normalized spacial score (nSPS) is 11.8. The number of carbonyl (C=O) groups excluding carboxylic acids is 2. The predicted octanol–water partition coefficient (Wildman–Crippen LogP) is 4.22. The highest BCUT2D eigenvalue weighted by Gasteiger charge is 2.41. The summed E-state index contributed by atoms with van der Waals surface area (Å²) in [5.41, 5.74) is 0.356. The van der Waals surface area contributed by atoms with Gasteiger partial charge in [-0.25, -0.2) is 0 Å². The number of ketones is 1. The van der Waals surface area contributed by atoms with Gasteiger partial charge in [-0.3, -0.25) is 9.59 Å². The molecule has 0 aliphatic heterocycles. The monoisotopic (exact) mass is 391 g/mol. The number of rotatable bonds is 8. The van der Waals surface area contributed by atoms with Crippen LogP contribution in [0, 0.1) is 0 Å². The second kappa shape index (κ2) is 9.73. The van der Waals surface area contributed by atoms with E-state index < -0.39 is 23.5 Å². The molecule has 7 heteroatoms. The quantitative estimate of drug-likeness (QED) is 0.499. The number of halogens is 3. The smallest absolute Gasteiger partial charge is 0.454 e. The molecule has 0 fully saturated rings. The SMILES string of the molecule is CCOC(=O)CN(/C=C(\C(=O)C(F)(F)F)c1ccccc1)Cc1ccccc1. The predicted molar refractivity (Wildman–Crippen MR) is 99.0 cm³/mol. The Bertz CT molecular complexity index is 818. The first kappa shape index (κ1) is 21.2. The van der Waals surface area contributed by atoms with Crippen molar-refractivity contribution in [2.75, 3.05) is 13.2 Å². The van der Waals surface area contributed by atoms with Crippen molar-refractivity contribution in [2.45, 2.75) is 19.6 Å². The van der Waals surface area contributed by atoms with Crippen LogP contribution < -0.4 is 0 Å². The third-order valence-electron chi connectivity index (χ3n) is 3.76. The van der Waals surface area contributed by atoms with Crippen molar-refractivity contribution >= 4 is 17.3 Å². The van der Waals surface area contributed by atoms with Crippen LogP contribution in [0.25, 0.3) is 5.57 Å². The fourth-order valence-electron chi connectivity index (χ4n) is 2.55. The molecule has 2 rings (SSSR count). The lowest BCUT2D eigenvalue weighted by atomic mass is 10.0. The highest BCUT2D eigenvalue weighted by Crippen LogP contribution is 2.27. The fourth-order valence-corrected chi connectivity index (χ4v) is 2.55. The number of benzene rings is 2. The van der Waals surface area contributed by atoms with E-state index >= 15 is 0 Å². The molecule has 0 N–H and O–H groups in total. The van der Waals surface area contributed by atoms with Crippen molar-refractivity contribution in [1.82, 2.24) is 4.90 Å². The van der Waals surface area contributed by atoms with Crippen LogP contribution in [0.3, 0.4) is 0 Å². The molecular formula is C21H20F3NO3. The zero-order valence-corrected chi connectivity index (χ0v) is 15.3. The van der Waals surface area contributed by atoms with Gasteiger partial charge in [-0.15, -0.1) is 0 Å². The molecule has 0 atom stereocenters. The van der Waals surface area contributed by atoms with Crippen molar-refractivity contribution in [1.29, 1.82) is 0 Å². The maximum absolute atomic E-state index is 13.1. The Morgan fingerprint density at radius 2 is 1.57 bits per heavy atom. The van der Waals surface area contributed by atoms with Crippen LogP contribution in [0.15, 0.2) is 66.9 Å². The molecule has 0 amide bonds. The molecule has 0 heterocycles. The molecule has 0 spiro atoms. The van der Waals surface area contributed by atoms with Gasteiger partial charge in [0, 0.05) is 12.7 Å². The number of allylic oxidation sites excluding steroid dienone is 1. The molecule has 0 saturated carbocycles. The van der Waals surface area contributed by atoms with Crippen molar-refractivity contribution in [3.8, 4) is 0 Å². The number of ether oxygens (including phenoxy) is 1. The summed E-state index contributed by atoms with van der Waals surface area (Å²) < 4.78 is 44.3. The maximum Gasteiger partial charge on any atom is 0.454 e. The minimum Gasteiger partial charge on any atom is -0.465 e. The molecule has 2 aromatic rings. The number of esters is 1. The zero-order valence-electron chi connectivity index (χ0n) is 15.3. The van der Waals surface area contributed by atoms with Gasteiger partial charge in [0.05, 0.1) is 12.2 Å². The molecule has 2 aromatic carbocycles. The van der Waals surface area contributed by atoms with E-state index in [1.807, 2.05) is 0 Å². The van der Waals surface area contributed by atoms with Gasteiger partial charge in [-0.2, -0.15) is 13.2 Å². The summed E-state index contributed by atoms with van der Waals surface area (Å²) in [5, 5.41) is 0. The second-order valence-electron chi connectivity index (χ2n) is 5.93. The highest BCUT2D eigenvalue weighted by molar-refractivity contribution is 6.23. The Labute approximate surface area is 161 Å². The van der Waals surface area contributed by atoms with E-state index in [1.165, 1.54) is 17.0 Å². The van der Waals surface area contributed by atoms with Crippen LogP contribution in [-0.4, -0.2) is 36.0 Å². The van der Waals surface area contributed by atoms with Gasteiger partial charge in [-0.05, 0) is 18.1 Å². The lowest BCUT2D eigenvalue weighted by molar-refractivity contribution is -0.164. The van der Waals surface area contributed by atoms with Gasteiger partial charge in [-0.1, -0.05) is 60.7 Å². The van der Waals surface area contributed by atoms with Gasteiger partial charge >= 0.3 is 12.1 Å². The summed E-state index contributed by atoms with van der Waals surface area (Å²) in [5.74, 6) is -2.57. The van der Waals surface area contributed by atoms with E-state index in [0.717, 1.165) is 11.8 Å². The standard InChI is InChI=1S/C21H20F3NO3/c1-2-28-19(26)15-25(13-16-9-5-3-6-10-16)14-18(20(27)21(22,23)24)17-11-7-4-8-12-17/h3-12,14H,2,13,15H2,1H3/b18-14-. The Morgan fingerprint density at radius 1 is 1.00 bits per heavy atom. The molecule has 0 aromatic heterocycles. The third kappa shape index (κ3) is 6.26. The molecule has 0 bridgehead atoms. The number of nitrogens with zero attached hydrogens (tertiary/aromatic N) is 1. The largest absolute Gasteiger partial charge is 0.465 e. The van der Waals surface area contributed by atoms with E-state index in [2.05, 4.69) is 0 Å². The van der Waals surface area contributed by atoms with Crippen molar-refractivity contribution in [3.05, 3.63) is 78.0 Å². The fraction of sp³-hybridized carbons (Fsp3) is 0.238. The van der Waals surface area contributed by atoms with Crippen LogP contribution in [-0.2, 0) is 20.9 Å². The molecule has 0 radical (unpaired) electrons. The Kier molecular flexibility index (Phi) is 7.37. The molecular weight excluding hydrogens is 371 g/mol. The Balaban J connectivity index is 2.44. The average Bonchev–Trinajstić information content (AvgIpc) is 2.66. The van der Waals surface area contributed by atoms with E-state index in [1.54, 1.807) is 55.5 Å². The Hall–Kier alpha value is -3.09. The first-order chi connectivity index (χ1) is 13.3. The lowest BCUT2D eigenvalue weighted by Gasteiger charge is -2.22. The number of Topliss-reactive ketones (excluding diaryl/α,β-unsaturated/α-hetero) is 1. The number of hydrogen-bond donors (Lipinski definition) is 0. The average molecular weight is 391 g/mol. The number of hydrogen-bond acceptors (Lipinski definition) is 4. The summed E-state index contributed by atoms with van der Waals surface area (Å²) in [4.78, 5) is 25.3. The summed E-state index contributed by atoms with van der Waals surface area (Å²) in [6.45, 7) is 1.64. The summed E-state index contributed by atoms with van der Waals surface area (Å²) in [7, 11) is 0. The molecule has 0 aliphatic rings. The first-order valence-corrected chi connectivity index (χ1v) is 8.63. The van der Waals surface area contributed by atoms with Gasteiger partial charge in [0.2, 0.25) is 0 Å². The van der Waals surface area contributed by atoms with Gasteiger partial charge in [0.15, 0.2) is 0 Å². The van der Waals surface area contributed by atoms with E-state index in [4.69, 9.17) is 4.74 Å². The van der Waals surface area contributed by atoms with Crippen LogP contribution in [0.5, 0.6) is 0 Å². The van der Waals surface area contributed by atoms with E-state index in [9.17, 15) is 22.8 Å². The molecule has 148 valence electrons. The van der Waals surface area contributed by atoms with E-state index in [-0.39, 0.29) is 25.3 Å². The van der Waals surface area contributed by atoms with Crippen LogP contribution in [0.2, 0.25) is 0 Å². The minimum absolute atomic E-state index is 0.117. The lowest BCUT2D eigenvalue weighted by Crippen LogP contribution is -2.29. The molecule has 28 heavy (non-hydrogen) atoms. The van der Waals surface area contributed by atoms with Gasteiger partial charge < -0.3 is 9.64 Å². The zero-order chi connectivity index (χ0) is 20.6. The summed E-state index contributed by atoms with van der Waals surface area (Å²) in [6.07, 6.45) is -3.96. The molecule has 4 nitrogen and oxygen atoms in total. The molecule has 0 aliphatic carbocycles. The second-order valence-corrected chi connectivity index (χ2v) is 5.93. The molecule has 0 unspecified atom stereocenters. The van der Waals surface area contributed by atoms with Crippen molar-refractivity contribution < 1.29 is 27.5 Å². The van der Waals surface area contributed by atoms with Crippen molar-refractivity contribution in [2.24, 2.45) is 0 Å².